The molecule has 5 rings (SSSR count). The van der Waals surface area contributed by atoms with Crippen molar-refractivity contribution in [3.8, 4) is 11.5 Å². The van der Waals surface area contributed by atoms with Crippen molar-refractivity contribution in [2.24, 2.45) is 0 Å². The van der Waals surface area contributed by atoms with E-state index < -0.39 is 0 Å². The van der Waals surface area contributed by atoms with Gasteiger partial charge in [0.05, 0.1) is 29.0 Å². The molecule has 1 atom stereocenters. The summed E-state index contributed by atoms with van der Waals surface area (Å²) in [6.07, 6.45) is 3.18. The van der Waals surface area contributed by atoms with Crippen LogP contribution in [0.15, 0.2) is 59.2 Å². The Hall–Kier alpha value is -3.20. The second-order valence-electron chi connectivity index (χ2n) is 8.97. The van der Waals surface area contributed by atoms with E-state index in [1.165, 1.54) is 11.0 Å². The first kappa shape index (κ1) is 25.4. The Morgan fingerprint density at radius 1 is 0.946 bits per heavy atom. The van der Waals surface area contributed by atoms with Gasteiger partial charge < -0.3 is 28.4 Å². The molecule has 2 aromatic carbocycles. The molecule has 1 fully saturated rings. The van der Waals surface area contributed by atoms with Crippen molar-refractivity contribution in [3.63, 3.8) is 0 Å². The van der Waals surface area contributed by atoms with Crippen LogP contribution >= 0.6 is 23.2 Å². The van der Waals surface area contributed by atoms with Gasteiger partial charge in [-0.05, 0) is 60.9 Å². The summed E-state index contributed by atoms with van der Waals surface area (Å²) >= 11 is 12.2. The smallest absolute Gasteiger partial charge is 0.254 e. The molecule has 2 aliphatic heterocycles. The number of benzene rings is 2. The van der Waals surface area contributed by atoms with Crippen molar-refractivity contribution in [2.75, 3.05) is 26.5 Å². The number of hydrogen-bond acceptors (Lipinski definition) is 6. The van der Waals surface area contributed by atoms with Gasteiger partial charge in [0.25, 0.3) is 5.91 Å². The van der Waals surface area contributed by atoms with Crippen LogP contribution in [0, 0.1) is 0 Å². The van der Waals surface area contributed by atoms with Crippen molar-refractivity contribution >= 4 is 35.0 Å². The third-order valence-corrected chi connectivity index (χ3v) is 7.06. The fraction of sp³-hybridized carbons (Fsp3) is 0.333. The van der Waals surface area contributed by atoms with E-state index in [9.17, 15) is 9.59 Å². The largest absolute Gasteiger partial charge is 0.467 e. The van der Waals surface area contributed by atoms with E-state index >= 15 is 0 Å². The summed E-state index contributed by atoms with van der Waals surface area (Å²) in [4.78, 5) is 30.4. The minimum atomic E-state index is -0.316. The first-order valence-corrected chi connectivity index (χ1v) is 12.8. The van der Waals surface area contributed by atoms with Gasteiger partial charge >= 0.3 is 0 Å². The van der Waals surface area contributed by atoms with E-state index in [0.29, 0.717) is 47.5 Å². The van der Waals surface area contributed by atoms with Gasteiger partial charge in [0, 0.05) is 25.3 Å². The Kier molecular flexibility index (Phi) is 7.88. The Labute approximate surface area is 224 Å². The molecule has 2 amide bonds. The summed E-state index contributed by atoms with van der Waals surface area (Å²) in [5.41, 5.74) is 1.22. The second-order valence-corrected chi connectivity index (χ2v) is 9.78. The van der Waals surface area contributed by atoms with Crippen molar-refractivity contribution in [3.05, 3.63) is 81.7 Å². The fourth-order valence-corrected chi connectivity index (χ4v) is 4.71. The quantitative estimate of drug-likeness (QED) is 0.369. The summed E-state index contributed by atoms with van der Waals surface area (Å²) in [5, 5.41) is 0.631. The summed E-state index contributed by atoms with van der Waals surface area (Å²) < 4.78 is 22.2. The lowest BCUT2D eigenvalue weighted by molar-refractivity contribution is -0.133. The number of halogens is 2. The van der Waals surface area contributed by atoms with Gasteiger partial charge in [-0.1, -0.05) is 29.3 Å². The Balaban J connectivity index is 1.37. The SMILES string of the molecule is O=C(CN(CC1CCCO1)C(=O)c1ccc(Cl)c(Cl)c1)N(Cc1ccc2c(c1)OCO2)Cc1ccco1. The van der Waals surface area contributed by atoms with Crippen LogP contribution in [0.2, 0.25) is 10.0 Å². The van der Waals surface area contributed by atoms with Crippen LogP contribution in [0.3, 0.4) is 0 Å². The van der Waals surface area contributed by atoms with Crippen LogP contribution < -0.4 is 9.47 Å². The summed E-state index contributed by atoms with van der Waals surface area (Å²) in [7, 11) is 0. The van der Waals surface area contributed by atoms with E-state index in [-0.39, 0.29) is 42.8 Å². The van der Waals surface area contributed by atoms with Gasteiger partial charge in [-0.2, -0.15) is 0 Å². The third-order valence-electron chi connectivity index (χ3n) is 6.32. The predicted molar refractivity (Wildman–Crippen MR) is 137 cm³/mol. The molecule has 0 N–H and O–H groups in total. The number of carbonyl (C=O) groups excluding carboxylic acids is 2. The zero-order valence-electron chi connectivity index (χ0n) is 20.0. The molecule has 0 spiro atoms. The molecule has 10 heteroatoms. The highest BCUT2D eigenvalue weighted by atomic mass is 35.5. The van der Waals surface area contributed by atoms with Crippen LogP contribution in [0.1, 0.15) is 34.5 Å². The van der Waals surface area contributed by atoms with E-state index in [4.69, 9.17) is 41.8 Å². The number of carbonyl (C=O) groups is 2. The predicted octanol–water partition coefficient (Wildman–Crippen LogP) is 5.17. The lowest BCUT2D eigenvalue weighted by Gasteiger charge is -2.29. The number of amides is 2. The number of fused-ring (bicyclic) bond motifs is 1. The third kappa shape index (κ3) is 6.21. The van der Waals surface area contributed by atoms with Gasteiger partial charge in [-0.15, -0.1) is 0 Å². The fourth-order valence-electron chi connectivity index (χ4n) is 4.41. The monoisotopic (exact) mass is 544 g/mol. The highest BCUT2D eigenvalue weighted by molar-refractivity contribution is 6.42. The number of nitrogens with zero attached hydrogens (tertiary/aromatic N) is 2. The molecule has 2 aliphatic rings. The molecule has 0 radical (unpaired) electrons. The van der Waals surface area contributed by atoms with Crippen LogP contribution in [-0.4, -0.2) is 54.2 Å². The maximum atomic E-state index is 13.7. The molecule has 37 heavy (non-hydrogen) atoms. The molecule has 1 unspecified atom stereocenters. The molecule has 8 nitrogen and oxygen atoms in total. The molecular formula is C27H26Cl2N2O6. The Bertz CT molecular complexity index is 1260. The van der Waals surface area contributed by atoms with Crippen molar-refractivity contribution < 1.29 is 28.2 Å². The minimum Gasteiger partial charge on any atom is -0.467 e. The molecule has 0 aliphatic carbocycles. The molecule has 1 saturated heterocycles. The van der Waals surface area contributed by atoms with Crippen LogP contribution in [0.4, 0.5) is 0 Å². The van der Waals surface area contributed by atoms with E-state index in [0.717, 1.165) is 18.4 Å². The van der Waals surface area contributed by atoms with Gasteiger partial charge in [-0.3, -0.25) is 9.59 Å². The van der Waals surface area contributed by atoms with Gasteiger partial charge in [0.2, 0.25) is 12.7 Å². The van der Waals surface area contributed by atoms with Crippen LogP contribution in [-0.2, 0) is 22.6 Å². The number of hydrogen-bond donors (Lipinski definition) is 0. The number of furan rings is 1. The minimum absolute atomic E-state index is 0.132. The maximum Gasteiger partial charge on any atom is 0.254 e. The Morgan fingerprint density at radius 3 is 2.57 bits per heavy atom. The summed E-state index contributed by atoms with van der Waals surface area (Å²) in [5.74, 6) is 1.39. The summed E-state index contributed by atoms with van der Waals surface area (Å²) in [6, 6.07) is 13.9. The number of ether oxygens (including phenoxy) is 3. The molecule has 0 saturated carbocycles. The number of rotatable bonds is 9. The van der Waals surface area contributed by atoms with Gasteiger partial charge in [0.15, 0.2) is 11.5 Å². The van der Waals surface area contributed by atoms with Crippen molar-refractivity contribution in [1.29, 1.82) is 0 Å². The first-order valence-electron chi connectivity index (χ1n) is 12.0. The van der Waals surface area contributed by atoms with E-state index in [1.807, 2.05) is 24.3 Å². The molecule has 0 bridgehead atoms. The van der Waals surface area contributed by atoms with Gasteiger partial charge in [0.1, 0.15) is 12.3 Å². The van der Waals surface area contributed by atoms with Crippen LogP contribution in [0.5, 0.6) is 11.5 Å². The zero-order valence-corrected chi connectivity index (χ0v) is 21.5. The first-order chi connectivity index (χ1) is 18.0. The summed E-state index contributed by atoms with van der Waals surface area (Å²) in [6.45, 7) is 1.51. The van der Waals surface area contributed by atoms with Gasteiger partial charge in [-0.25, -0.2) is 0 Å². The average molecular weight is 545 g/mol. The van der Waals surface area contributed by atoms with Crippen molar-refractivity contribution in [2.45, 2.75) is 32.0 Å². The molecule has 3 heterocycles. The normalized spacial score (nSPS) is 16.1. The van der Waals surface area contributed by atoms with Crippen LogP contribution in [0.25, 0.3) is 0 Å². The molecule has 1 aromatic heterocycles. The highest BCUT2D eigenvalue weighted by Crippen LogP contribution is 2.33. The second kappa shape index (κ2) is 11.5. The lowest BCUT2D eigenvalue weighted by Crippen LogP contribution is -2.45. The molecular weight excluding hydrogens is 519 g/mol. The topological polar surface area (TPSA) is 81.5 Å². The average Bonchev–Trinajstić information content (AvgIpc) is 3.67. The van der Waals surface area contributed by atoms with E-state index in [2.05, 4.69) is 0 Å². The molecule has 194 valence electrons. The molecule has 3 aromatic rings. The maximum absolute atomic E-state index is 13.7. The lowest BCUT2D eigenvalue weighted by atomic mass is 10.1. The highest BCUT2D eigenvalue weighted by Gasteiger charge is 2.28. The van der Waals surface area contributed by atoms with Crippen molar-refractivity contribution in [1.82, 2.24) is 9.80 Å². The zero-order chi connectivity index (χ0) is 25.8. The van der Waals surface area contributed by atoms with E-state index in [1.54, 1.807) is 29.4 Å². The Morgan fingerprint density at radius 2 is 1.81 bits per heavy atom. The standard InChI is InChI=1S/C27H26Cl2N2O6/c28-22-7-6-19(12-23(22)29)27(33)31(15-21-4-2-10-35-21)16-26(32)30(14-20-3-1-9-34-20)13-18-5-8-24-25(11-18)37-17-36-24/h1,3,5-9,11-12,21H,2,4,10,13-17H2.